The van der Waals surface area contributed by atoms with Crippen LogP contribution in [0.5, 0.6) is 0 Å². The first kappa shape index (κ1) is 15.7. The normalized spacial score (nSPS) is 17.4. The molecule has 0 spiro atoms. The molecule has 5 nitrogen and oxygen atoms in total. The monoisotopic (exact) mass is 306 g/mol. The number of hydrogen-bond acceptors (Lipinski definition) is 4. The van der Waals surface area contributed by atoms with Crippen molar-refractivity contribution in [2.24, 2.45) is 5.92 Å². The van der Waals surface area contributed by atoms with Gasteiger partial charge in [0, 0.05) is 24.5 Å². The number of amides is 1. The first-order valence-corrected chi connectivity index (χ1v) is 7.02. The SMILES string of the molecule is Cl.O=C(CCC1CCNC1)Nc1ccc2nccnc2c1. The standard InChI is InChI=1S/C15H18N4O.ClH/c20-15(4-1-11-5-6-16-10-11)19-12-2-3-13-14(9-12)18-8-7-17-13;/h2-3,7-9,11,16H,1,4-6,10H2,(H,19,20);1H. The molecule has 2 aromatic rings. The number of anilines is 1. The van der Waals surface area contributed by atoms with Gasteiger partial charge in [-0.1, -0.05) is 0 Å². The van der Waals surface area contributed by atoms with Gasteiger partial charge in [-0.2, -0.15) is 0 Å². The molecule has 1 amide bonds. The number of aromatic nitrogens is 2. The zero-order valence-electron chi connectivity index (χ0n) is 11.7. The molecule has 3 rings (SSSR count). The molecule has 2 N–H and O–H groups in total. The van der Waals surface area contributed by atoms with Crippen molar-refractivity contribution >= 4 is 35.0 Å². The highest BCUT2D eigenvalue weighted by atomic mass is 35.5. The first-order valence-electron chi connectivity index (χ1n) is 7.02. The van der Waals surface area contributed by atoms with E-state index in [0.29, 0.717) is 12.3 Å². The molecule has 1 fully saturated rings. The van der Waals surface area contributed by atoms with Gasteiger partial charge >= 0.3 is 0 Å². The predicted octanol–water partition coefficient (Wildman–Crippen LogP) is 2.38. The van der Waals surface area contributed by atoms with E-state index in [4.69, 9.17) is 0 Å². The van der Waals surface area contributed by atoms with Crippen LogP contribution >= 0.6 is 12.4 Å². The van der Waals surface area contributed by atoms with Crippen molar-refractivity contribution < 1.29 is 4.79 Å². The Morgan fingerprint density at radius 1 is 1.29 bits per heavy atom. The van der Waals surface area contributed by atoms with Crippen molar-refractivity contribution in [3.63, 3.8) is 0 Å². The molecule has 1 aliphatic heterocycles. The van der Waals surface area contributed by atoms with Gasteiger partial charge in [-0.05, 0) is 50.0 Å². The van der Waals surface area contributed by atoms with E-state index >= 15 is 0 Å². The van der Waals surface area contributed by atoms with Crippen molar-refractivity contribution in [1.82, 2.24) is 15.3 Å². The maximum absolute atomic E-state index is 11.9. The van der Waals surface area contributed by atoms with Crippen LogP contribution in [0.25, 0.3) is 11.0 Å². The van der Waals surface area contributed by atoms with Crippen LogP contribution in [0.15, 0.2) is 30.6 Å². The average Bonchev–Trinajstić information content (AvgIpc) is 2.98. The molecule has 1 unspecified atom stereocenters. The van der Waals surface area contributed by atoms with E-state index in [-0.39, 0.29) is 18.3 Å². The summed E-state index contributed by atoms with van der Waals surface area (Å²) in [4.78, 5) is 20.4. The van der Waals surface area contributed by atoms with Crippen LogP contribution in [0, 0.1) is 5.92 Å². The third-order valence-corrected chi connectivity index (χ3v) is 3.70. The largest absolute Gasteiger partial charge is 0.326 e. The minimum atomic E-state index is 0. The van der Waals surface area contributed by atoms with Crippen LogP contribution < -0.4 is 10.6 Å². The molecular weight excluding hydrogens is 288 g/mol. The molecule has 1 aromatic heterocycles. The number of carbonyl (C=O) groups excluding carboxylic acids is 1. The molecule has 1 aromatic carbocycles. The van der Waals surface area contributed by atoms with Crippen LogP contribution in [0.3, 0.4) is 0 Å². The number of carbonyl (C=O) groups is 1. The molecular formula is C15H19ClN4O. The fourth-order valence-electron chi connectivity index (χ4n) is 2.56. The molecule has 1 saturated heterocycles. The molecule has 0 bridgehead atoms. The molecule has 0 aliphatic carbocycles. The molecule has 1 aliphatic rings. The summed E-state index contributed by atoms with van der Waals surface area (Å²) in [6.45, 7) is 2.12. The topological polar surface area (TPSA) is 66.9 Å². The number of hydrogen-bond donors (Lipinski definition) is 2. The second-order valence-electron chi connectivity index (χ2n) is 5.21. The van der Waals surface area contributed by atoms with Gasteiger partial charge in [0.2, 0.25) is 5.91 Å². The van der Waals surface area contributed by atoms with Crippen molar-refractivity contribution in [2.45, 2.75) is 19.3 Å². The van der Waals surface area contributed by atoms with Crippen LogP contribution in [0.1, 0.15) is 19.3 Å². The summed E-state index contributed by atoms with van der Waals surface area (Å²) in [6.07, 6.45) is 6.02. The molecule has 0 radical (unpaired) electrons. The third kappa shape index (κ3) is 4.12. The van der Waals surface area contributed by atoms with E-state index < -0.39 is 0 Å². The summed E-state index contributed by atoms with van der Waals surface area (Å²) in [6, 6.07) is 5.60. The van der Waals surface area contributed by atoms with Crippen molar-refractivity contribution in [3.8, 4) is 0 Å². The lowest BCUT2D eigenvalue weighted by Gasteiger charge is -2.09. The quantitative estimate of drug-likeness (QED) is 0.910. The Kier molecular flexibility index (Phi) is 5.47. The van der Waals surface area contributed by atoms with Gasteiger partial charge in [-0.3, -0.25) is 14.8 Å². The van der Waals surface area contributed by atoms with Gasteiger partial charge in [-0.15, -0.1) is 12.4 Å². The smallest absolute Gasteiger partial charge is 0.224 e. The highest BCUT2D eigenvalue weighted by Crippen LogP contribution is 2.17. The number of halogens is 1. The fraction of sp³-hybridized carbons (Fsp3) is 0.400. The van der Waals surface area contributed by atoms with Crippen LogP contribution in [-0.4, -0.2) is 29.0 Å². The number of nitrogens with one attached hydrogen (secondary N) is 2. The van der Waals surface area contributed by atoms with Crippen molar-refractivity contribution in [3.05, 3.63) is 30.6 Å². The maximum atomic E-state index is 11.9. The minimum absolute atomic E-state index is 0. The predicted molar refractivity (Wildman–Crippen MR) is 85.6 cm³/mol. The Balaban J connectivity index is 0.00000161. The number of rotatable bonds is 4. The Morgan fingerprint density at radius 2 is 2.10 bits per heavy atom. The Morgan fingerprint density at radius 3 is 2.86 bits per heavy atom. The number of benzene rings is 1. The molecule has 2 heterocycles. The highest BCUT2D eigenvalue weighted by Gasteiger charge is 2.15. The van der Waals surface area contributed by atoms with E-state index in [1.54, 1.807) is 12.4 Å². The van der Waals surface area contributed by atoms with Gasteiger partial charge in [0.1, 0.15) is 0 Å². The summed E-state index contributed by atoms with van der Waals surface area (Å²) in [5, 5.41) is 6.25. The third-order valence-electron chi connectivity index (χ3n) is 3.70. The highest BCUT2D eigenvalue weighted by molar-refractivity contribution is 5.92. The zero-order valence-corrected chi connectivity index (χ0v) is 12.5. The Hall–Kier alpha value is -1.72. The first-order chi connectivity index (χ1) is 9.81. The molecule has 0 saturated carbocycles. The molecule has 112 valence electrons. The van der Waals surface area contributed by atoms with Crippen molar-refractivity contribution in [2.75, 3.05) is 18.4 Å². The zero-order chi connectivity index (χ0) is 13.8. The molecule has 21 heavy (non-hydrogen) atoms. The van der Waals surface area contributed by atoms with E-state index in [0.717, 1.165) is 36.2 Å². The maximum Gasteiger partial charge on any atom is 0.224 e. The van der Waals surface area contributed by atoms with Crippen LogP contribution in [-0.2, 0) is 4.79 Å². The van der Waals surface area contributed by atoms with Gasteiger partial charge in [0.15, 0.2) is 0 Å². The minimum Gasteiger partial charge on any atom is -0.326 e. The average molecular weight is 307 g/mol. The van der Waals surface area contributed by atoms with Crippen LogP contribution in [0.2, 0.25) is 0 Å². The number of fused-ring (bicyclic) bond motifs is 1. The lowest BCUT2D eigenvalue weighted by atomic mass is 10.0. The van der Waals surface area contributed by atoms with E-state index in [1.807, 2.05) is 18.2 Å². The summed E-state index contributed by atoms with van der Waals surface area (Å²) < 4.78 is 0. The fourth-order valence-corrected chi connectivity index (χ4v) is 2.56. The van der Waals surface area contributed by atoms with E-state index in [1.165, 1.54) is 6.42 Å². The second kappa shape index (κ2) is 7.33. The summed E-state index contributed by atoms with van der Waals surface area (Å²) in [7, 11) is 0. The summed E-state index contributed by atoms with van der Waals surface area (Å²) in [5.41, 5.74) is 2.42. The van der Waals surface area contributed by atoms with Gasteiger partial charge in [0.25, 0.3) is 0 Å². The lowest BCUT2D eigenvalue weighted by molar-refractivity contribution is -0.116. The Labute approximate surface area is 130 Å². The van der Waals surface area contributed by atoms with Gasteiger partial charge in [-0.25, -0.2) is 0 Å². The second-order valence-corrected chi connectivity index (χ2v) is 5.21. The number of nitrogens with zero attached hydrogens (tertiary/aromatic N) is 2. The summed E-state index contributed by atoms with van der Waals surface area (Å²) >= 11 is 0. The molecule has 6 heteroatoms. The summed E-state index contributed by atoms with van der Waals surface area (Å²) in [5.74, 6) is 0.711. The molecule has 1 atom stereocenters. The van der Waals surface area contributed by atoms with E-state index in [9.17, 15) is 4.79 Å². The van der Waals surface area contributed by atoms with Gasteiger partial charge in [0.05, 0.1) is 11.0 Å². The Bertz CT molecular complexity index is 613. The van der Waals surface area contributed by atoms with Crippen LogP contribution in [0.4, 0.5) is 5.69 Å². The van der Waals surface area contributed by atoms with Crippen molar-refractivity contribution in [1.29, 1.82) is 0 Å². The van der Waals surface area contributed by atoms with E-state index in [2.05, 4.69) is 20.6 Å². The van der Waals surface area contributed by atoms with Gasteiger partial charge < -0.3 is 10.6 Å². The lowest BCUT2D eigenvalue weighted by Crippen LogP contribution is -2.15.